The summed E-state index contributed by atoms with van der Waals surface area (Å²) in [6, 6.07) is 0. The van der Waals surface area contributed by atoms with E-state index in [-0.39, 0.29) is 30.0 Å². The average molecular weight is 250 g/mol. The minimum Gasteiger partial charge on any atom is -1.00 e. The van der Waals surface area contributed by atoms with Gasteiger partial charge in [0.1, 0.15) is 0 Å². The third-order valence-electron chi connectivity index (χ3n) is 1.97. The van der Waals surface area contributed by atoms with Gasteiger partial charge >= 0.3 is 11.9 Å². The van der Waals surface area contributed by atoms with Crippen LogP contribution in [0.15, 0.2) is 25.3 Å². The maximum absolute atomic E-state index is 10.7. The Morgan fingerprint density at radius 1 is 1.00 bits per heavy atom. The van der Waals surface area contributed by atoms with E-state index in [9.17, 15) is 9.59 Å². The van der Waals surface area contributed by atoms with E-state index in [4.69, 9.17) is 10.2 Å². The maximum atomic E-state index is 10.7. The average Bonchev–Trinajstić information content (AvgIpc) is 2.01. The zero-order chi connectivity index (χ0) is 11.9. The van der Waals surface area contributed by atoms with Crippen LogP contribution in [-0.2, 0) is 9.59 Å². The van der Waals surface area contributed by atoms with Gasteiger partial charge in [-0.05, 0) is 12.2 Å². The van der Waals surface area contributed by atoms with Gasteiger partial charge in [-0.1, -0.05) is 13.2 Å². The molecule has 0 radical (unpaired) electrons. The summed E-state index contributed by atoms with van der Waals surface area (Å²) in [5.41, 5.74) is 0. The van der Waals surface area contributed by atoms with E-state index in [0.29, 0.717) is 13.1 Å². The van der Waals surface area contributed by atoms with Crippen LogP contribution in [0.5, 0.6) is 0 Å². The number of hydrogen-bond donors (Lipinski definition) is 2. The topological polar surface area (TPSA) is 74.6 Å². The highest BCUT2D eigenvalue weighted by molar-refractivity contribution is 5.70. The summed E-state index contributed by atoms with van der Waals surface area (Å²) in [5.74, 6) is -2.06. The SMILES string of the molecule is C=CC[N+](CC=C)(CC(=O)O)CC(=O)O.[Cl-]. The second-order valence-corrected chi connectivity index (χ2v) is 3.39. The molecule has 0 heterocycles. The summed E-state index contributed by atoms with van der Waals surface area (Å²) >= 11 is 0. The van der Waals surface area contributed by atoms with Crippen molar-refractivity contribution >= 4 is 11.9 Å². The third-order valence-corrected chi connectivity index (χ3v) is 1.97. The first kappa shape index (κ1) is 17.1. The number of carboxylic acid groups (broad SMARTS) is 2. The highest BCUT2D eigenvalue weighted by atomic mass is 35.5. The fourth-order valence-corrected chi connectivity index (χ4v) is 1.51. The van der Waals surface area contributed by atoms with E-state index in [1.165, 1.54) is 12.2 Å². The van der Waals surface area contributed by atoms with Gasteiger partial charge in [0, 0.05) is 0 Å². The molecule has 0 amide bonds. The van der Waals surface area contributed by atoms with Gasteiger partial charge in [0.15, 0.2) is 13.1 Å². The monoisotopic (exact) mass is 249 g/mol. The van der Waals surface area contributed by atoms with Crippen molar-refractivity contribution in [3.63, 3.8) is 0 Å². The van der Waals surface area contributed by atoms with E-state index >= 15 is 0 Å². The predicted octanol–water partition coefficient (Wildman–Crippen LogP) is -2.65. The number of carboxylic acids is 2. The van der Waals surface area contributed by atoms with E-state index in [0.717, 1.165) is 0 Å². The van der Waals surface area contributed by atoms with Crippen LogP contribution in [0, 0.1) is 0 Å². The van der Waals surface area contributed by atoms with Crippen LogP contribution in [0.1, 0.15) is 0 Å². The van der Waals surface area contributed by atoms with E-state index in [1.807, 2.05) is 0 Å². The molecule has 0 aromatic carbocycles. The highest BCUT2D eigenvalue weighted by Gasteiger charge is 2.30. The first-order chi connectivity index (χ1) is 6.95. The van der Waals surface area contributed by atoms with Crippen LogP contribution in [0.2, 0.25) is 0 Å². The molecule has 92 valence electrons. The Hall–Kier alpha value is -1.33. The molecule has 16 heavy (non-hydrogen) atoms. The maximum Gasteiger partial charge on any atom is 0.359 e. The number of hydrogen-bond acceptors (Lipinski definition) is 2. The van der Waals surface area contributed by atoms with Crippen molar-refractivity contribution in [2.75, 3.05) is 26.2 Å². The van der Waals surface area contributed by atoms with Crippen molar-refractivity contribution in [2.24, 2.45) is 0 Å². The first-order valence-electron chi connectivity index (χ1n) is 4.46. The van der Waals surface area contributed by atoms with Gasteiger partial charge in [0.25, 0.3) is 0 Å². The van der Waals surface area contributed by atoms with Crippen molar-refractivity contribution in [3.05, 3.63) is 25.3 Å². The molecule has 5 nitrogen and oxygen atoms in total. The molecule has 0 spiro atoms. The number of rotatable bonds is 8. The number of carbonyl (C=O) groups is 2. The molecule has 2 N–H and O–H groups in total. The minimum atomic E-state index is -1.03. The third kappa shape index (κ3) is 6.21. The van der Waals surface area contributed by atoms with Crippen molar-refractivity contribution in [2.45, 2.75) is 0 Å². The van der Waals surface area contributed by atoms with Gasteiger partial charge in [0.05, 0.1) is 13.1 Å². The Morgan fingerprint density at radius 2 is 1.31 bits per heavy atom. The molecule has 0 aromatic rings. The second kappa shape index (κ2) is 7.90. The van der Waals surface area contributed by atoms with Crippen LogP contribution < -0.4 is 12.4 Å². The first-order valence-corrected chi connectivity index (χ1v) is 4.46. The summed E-state index contributed by atoms with van der Waals surface area (Å²) in [7, 11) is 0. The lowest BCUT2D eigenvalue weighted by molar-refractivity contribution is -0.903. The lowest BCUT2D eigenvalue weighted by atomic mass is 10.3. The molecule has 0 unspecified atom stereocenters. The smallest absolute Gasteiger partial charge is 0.359 e. The van der Waals surface area contributed by atoms with Gasteiger partial charge in [-0.15, -0.1) is 0 Å². The Kier molecular flexibility index (Phi) is 8.43. The molecule has 0 fully saturated rings. The largest absolute Gasteiger partial charge is 1.00 e. The molecular weight excluding hydrogens is 234 g/mol. The standard InChI is InChI=1S/C10H15NO4.ClH/c1-3-5-11(6-4-2,7-9(12)13)8-10(14)15;/h3-4H,1-2,5-8H2,(H-,12,13,14,15);1H. The number of halogens is 1. The van der Waals surface area contributed by atoms with Gasteiger partial charge in [-0.25, -0.2) is 9.59 Å². The van der Waals surface area contributed by atoms with Gasteiger partial charge in [-0.3, -0.25) is 4.48 Å². The molecule has 0 atom stereocenters. The second-order valence-electron chi connectivity index (χ2n) is 3.39. The molecule has 0 aliphatic heterocycles. The summed E-state index contributed by atoms with van der Waals surface area (Å²) in [6.45, 7) is 7.11. The van der Waals surface area contributed by atoms with Crippen molar-refractivity contribution in [3.8, 4) is 0 Å². The number of quaternary nitrogens is 1. The normalized spacial score (nSPS) is 10.0. The molecule has 0 saturated heterocycles. The fraction of sp³-hybridized carbons (Fsp3) is 0.400. The van der Waals surface area contributed by atoms with Gasteiger partial charge in [0.2, 0.25) is 0 Å². The summed E-state index contributed by atoms with van der Waals surface area (Å²) < 4.78 is -0.0856. The van der Waals surface area contributed by atoms with Crippen molar-refractivity contribution in [1.29, 1.82) is 0 Å². The highest BCUT2D eigenvalue weighted by Crippen LogP contribution is 2.07. The van der Waals surface area contributed by atoms with E-state index < -0.39 is 11.9 Å². The molecule has 6 heteroatoms. The summed E-state index contributed by atoms with van der Waals surface area (Å²) in [5, 5.41) is 17.5. The Bertz CT molecular complexity index is 250. The van der Waals surface area contributed by atoms with Crippen LogP contribution in [0.4, 0.5) is 0 Å². The quantitative estimate of drug-likeness (QED) is 0.364. The molecular formula is C10H16ClNO4. The zero-order valence-corrected chi connectivity index (χ0v) is 9.69. The lowest BCUT2D eigenvalue weighted by Gasteiger charge is -2.33. The lowest BCUT2D eigenvalue weighted by Crippen LogP contribution is -3.00. The number of nitrogens with zero attached hydrogens (tertiary/aromatic N) is 1. The van der Waals surface area contributed by atoms with Gasteiger partial charge < -0.3 is 22.6 Å². The Balaban J connectivity index is 0. The molecule has 0 aliphatic rings. The zero-order valence-electron chi connectivity index (χ0n) is 8.93. The Morgan fingerprint density at radius 3 is 1.50 bits per heavy atom. The van der Waals surface area contributed by atoms with Crippen LogP contribution in [-0.4, -0.2) is 52.8 Å². The molecule has 0 saturated carbocycles. The predicted molar refractivity (Wildman–Crippen MR) is 55.4 cm³/mol. The summed E-state index contributed by atoms with van der Waals surface area (Å²) in [6.07, 6.45) is 3.05. The molecule has 0 rings (SSSR count). The van der Waals surface area contributed by atoms with Crippen LogP contribution in [0.25, 0.3) is 0 Å². The van der Waals surface area contributed by atoms with Crippen molar-refractivity contribution < 1.29 is 36.7 Å². The van der Waals surface area contributed by atoms with E-state index in [2.05, 4.69) is 13.2 Å². The molecule has 0 bridgehead atoms. The molecule has 0 aliphatic carbocycles. The van der Waals surface area contributed by atoms with Crippen LogP contribution in [0.3, 0.4) is 0 Å². The Labute approximate surface area is 101 Å². The van der Waals surface area contributed by atoms with Crippen molar-refractivity contribution in [1.82, 2.24) is 0 Å². The van der Waals surface area contributed by atoms with E-state index in [1.54, 1.807) is 0 Å². The molecule has 0 aromatic heterocycles. The van der Waals surface area contributed by atoms with Gasteiger partial charge in [-0.2, -0.15) is 0 Å². The number of aliphatic carboxylic acids is 2. The summed E-state index contributed by atoms with van der Waals surface area (Å²) in [4.78, 5) is 21.3. The fourth-order valence-electron chi connectivity index (χ4n) is 1.51. The minimum absolute atomic E-state index is 0. The van der Waals surface area contributed by atoms with Crippen LogP contribution >= 0.6 is 0 Å².